The highest BCUT2D eigenvalue weighted by atomic mass is 32.2. The van der Waals surface area contributed by atoms with E-state index >= 15 is 0 Å². The minimum absolute atomic E-state index is 0.141. The van der Waals surface area contributed by atoms with Gasteiger partial charge < -0.3 is 29.2 Å². The summed E-state index contributed by atoms with van der Waals surface area (Å²) in [7, 11) is 3.22. The van der Waals surface area contributed by atoms with Gasteiger partial charge in [0, 0.05) is 11.1 Å². The van der Waals surface area contributed by atoms with Crippen molar-refractivity contribution in [2.45, 2.75) is 38.1 Å². The first-order valence-corrected chi connectivity index (χ1v) is 15.2. The van der Waals surface area contributed by atoms with Gasteiger partial charge in [-0.15, -0.1) is 11.3 Å². The molecule has 0 aliphatic heterocycles. The van der Waals surface area contributed by atoms with Crippen LogP contribution in [0.5, 0.6) is 11.5 Å². The van der Waals surface area contributed by atoms with Gasteiger partial charge in [-0.3, -0.25) is 4.79 Å². The Labute approximate surface area is 258 Å². The number of rotatable bonds is 12. The lowest BCUT2D eigenvalue weighted by Crippen LogP contribution is -2.23. The van der Waals surface area contributed by atoms with Crippen molar-refractivity contribution in [3.8, 4) is 34.0 Å². The number of H-pyrrole nitrogens is 1. The fraction of sp³-hybridized carbons (Fsp3) is 0.290. The standard InChI is InChI=1S/C31H33N3O7S2/c1-7-40-29(36)23-17(3)26(30(37)41-8-2)43-28(23)34-27(35)18(4)42-31-32-24(19-9-13-21(38-5)14-10-19)25(33-31)20-11-15-22(39-6)16-12-20/h9-16,18H,7-8H2,1-6H3,(H,32,33)(H,34,35). The second-order valence-electron chi connectivity index (χ2n) is 9.17. The summed E-state index contributed by atoms with van der Waals surface area (Å²) in [5, 5.41) is 2.95. The van der Waals surface area contributed by atoms with Gasteiger partial charge in [0.15, 0.2) is 5.16 Å². The quantitative estimate of drug-likeness (QED) is 0.132. The number of nitrogens with one attached hydrogen (secondary N) is 2. The molecule has 10 nitrogen and oxygen atoms in total. The van der Waals surface area contributed by atoms with Crippen molar-refractivity contribution in [1.29, 1.82) is 0 Å². The third kappa shape index (κ3) is 7.20. The summed E-state index contributed by atoms with van der Waals surface area (Å²) >= 11 is 2.22. The summed E-state index contributed by atoms with van der Waals surface area (Å²) in [6.07, 6.45) is 0. The SMILES string of the molecule is CCOC(=O)c1sc(NC(=O)C(C)Sc2nc(-c3ccc(OC)cc3)c(-c3ccc(OC)cc3)[nH]2)c(C(=O)OCC)c1C. The van der Waals surface area contributed by atoms with Crippen LogP contribution in [0.25, 0.3) is 22.5 Å². The van der Waals surface area contributed by atoms with E-state index < -0.39 is 17.2 Å². The molecule has 0 saturated carbocycles. The summed E-state index contributed by atoms with van der Waals surface area (Å²) in [6, 6.07) is 15.2. The third-order valence-electron chi connectivity index (χ3n) is 6.41. The molecule has 226 valence electrons. The number of imidazole rings is 1. The molecule has 43 heavy (non-hydrogen) atoms. The van der Waals surface area contributed by atoms with Gasteiger partial charge in [-0.05, 0) is 81.8 Å². The molecule has 2 N–H and O–H groups in total. The molecule has 1 amide bonds. The van der Waals surface area contributed by atoms with Gasteiger partial charge in [-0.25, -0.2) is 14.6 Å². The number of esters is 2. The van der Waals surface area contributed by atoms with E-state index in [2.05, 4.69) is 10.3 Å². The van der Waals surface area contributed by atoms with Gasteiger partial charge in [0.05, 0.1) is 49.6 Å². The molecule has 1 unspecified atom stereocenters. The predicted molar refractivity (Wildman–Crippen MR) is 167 cm³/mol. The summed E-state index contributed by atoms with van der Waals surface area (Å²) in [5.74, 6) is -0.109. The lowest BCUT2D eigenvalue weighted by Gasteiger charge is -2.11. The number of amides is 1. The Balaban J connectivity index is 1.62. The monoisotopic (exact) mass is 623 g/mol. The summed E-state index contributed by atoms with van der Waals surface area (Å²) in [6.45, 7) is 7.08. The first-order valence-electron chi connectivity index (χ1n) is 13.5. The fourth-order valence-electron chi connectivity index (χ4n) is 4.21. The molecule has 4 aromatic rings. The maximum atomic E-state index is 13.4. The highest BCUT2D eigenvalue weighted by Crippen LogP contribution is 2.37. The Hall–Kier alpha value is -4.29. The number of hydrogen-bond donors (Lipinski definition) is 2. The Morgan fingerprint density at radius 3 is 2.02 bits per heavy atom. The summed E-state index contributed by atoms with van der Waals surface area (Å²) in [5.41, 5.74) is 3.79. The van der Waals surface area contributed by atoms with E-state index in [1.54, 1.807) is 41.9 Å². The van der Waals surface area contributed by atoms with Gasteiger partial charge >= 0.3 is 11.9 Å². The first kappa shape index (κ1) is 31.6. The van der Waals surface area contributed by atoms with Gasteiger partial charge in [0.1, 0.15) is 21.4 Å². The van der Waals surface area contributed by atoms with Gasteiger partial charge in [-0.2, -0.15) is 0 Å². The molecule has 0 radical (unpaired) electrons. The van der Waals surface area contributed by atoms with Crippen molar-refractivity contribution >= 4 is 45.9 Å². The third-order valence-corrected chi connectivity index (χ3v) is 8.58. The van der Waals surface area contributed by atoms with E-state index in [0.29, 0.717) is 16.4 Å². The number of aromatic nitrogens is 2. The normalized spacial score (nSPS) is 11.5. The number of hydrogen-bond acceptors (Lipinski definition) is 10. The largest absolute Gasteiger partial charge is 0.497 e. The molecule has 1 atom stereocenters. The predicted octanol–water partition coefficient (Wildman–Crippen LogP) is 6.60. The molecule has 0 fully saturated rings. The molecule has 0 spiro atoms. The van der Waals surface area contributed by atoms with Crippen LogP contribution in [0.1, 0.15) is 46.4 Å². The van der Waals surface area contributed by atoms with Crippen LogP contribution in [0.15, 0.2) is 53.7 Å². The van der Waals surface area contributed by atoms with Crippen LogP contribution < -0.4 is 14.8 Å². The van der Waals surface area contributed by atoms with Crippen molar-refractivity contribution < 1.29 is 33.3 Å². The number of anilines is 1. The van der Waals surface area contributed by atoms with Crippen molar-refractivity contribution in [2.24, 2.45) is 0 Å². The molecule has 2 heterocycles. The number of methoxy groups -OCH3 is 2. The van der Waals surface area contributed by atoms with Crippen molar-refractivity contribution in [3.63, 3.8) is 0 Å². The highest BCUT2D eigenvalue weighted by molar-refractivity contribution is 8.00. The van der Waals surface area contributed by atoms with Crippen LogP contribution in [0.3, 0.4) is 0 Å². The van der Waals surface area contributed by atoms with E-state index in [1.807, 2.05) is 48.5 Å². The number of carbonyl (C=O) groups excluding carboxylic acids is 3. The smallest absolute Gasteiger partial charge is 0.348 e. The van der Waals surface area contributed by atoms with E-state index in [1.165, 1.54) is 11.8 Å². The lowest BCUT2D eigenvalue weighted by molar-refractivity contribution is -0.115. The van der Waals surface area contributed by atoms with Crippen LogP contribution in [0.2, 0.25) is 0 Å². The topological polar surface area (TPSA) is 129 Å². The molecule has 0 bridgehead atoms. The molecule has 0 aliphatic rings. The first-order chi connectivity index (χ1) is 20.7. The van der Waals surface area contributed by atoms with Crippen LogP contribution >= 0.6 is 23.1 Å². The minimum atomic E-state index is -0.623. The van der Waals surface area contributed by atoms with Crippen molar-refractivity contribution in [3.05, 3.63) is 64.5 Å². The number of thiophene rings is 1. The second kappa shape index (κ2) is 14.3. The van der Waals surface area contributed by atoms with Crippen LogP contribution in [0.4, 0.5) is 5.00 Å². The Bertz CT molecular complexity index is 1530. The van der Waals surface area contributed by atoms with Crippen LogP contribution in [-0.2, 0) is 14.3 Å². The minimum Gasteiger partial charge on any atom is -0.497 e. The maximum Gasteiger partial charge on any atom is 0.348 e. The van der Waals surface area contributed by atoms with E-state index in [0.717, 1.165) is 39.7 Å². The molecule has 2 aromatic carbocycles. The average Bonchev–Trinajstić information content (AvgIpc) is 3.58. The number of benzene rings is 2. The van der Waals surface area contributed by atoms with E-state index in [4.69, 9.17) is 23.9 Å². The zero-order valence-corrected chi connectivity index (χ0v) is 26.4. The number of aromatic amines is 1. The summed E-state index contributed by atoms with van der Waals surface area (Å²) < 4.78 is 20.9. The zero-order valence-electron chi connectivity index (χ0n) is 24.7. The number of nitrogens with zero attached hydrogens (tertiary/aromatic N) is 1. The fourth-order valence-corrected chi connectivity index (χ4v) is 6.11. The number of ether oxygens (including phenoxy) is 4. The van der Waals surface area contributed by atoms with E-state index in [-0.39, 0.29) is 34.6 Å². The number of thioether (sulfide) groups is 1. The molecular formula is C31H33N3O7S2. The van der Waals surface area contributed by atoms with Crippen LogP contribution in [-0.4, -0.2) is 60.5 Å². The van der Waals surface area contributed by atoms with E-state index in [9.17, 15) is 14.4 Å². The second-order valence-corrected chi connectivity index (χ2v) is 11.5. The number of carbonyl (C=O) groups is 3. The molecule has 12 heteroatoms. The van der Waals surface area contributed by atoms with Gasteiger partial charge in [0.2, 0.25) is 5.91 Å². The van der Waals surface area contributed by atoms with Crippen molar-refractivity contribution in [1.82, 2.24) is 9.97 Å². The van der Waals surface area contributed by atoms with Crippen LogP contribution in [0, 0.1) is 6.92 Å². The molecule has 2 aromatic heterocycles. The lowest BCUT2D eigenvalue weighted by atomic mass is 10.0. The van der Waals surface area contributed by atoms with Gasteiger partial charge in [0.25, 0.3) is 0 Å². The maximum absolute atomic E-state index is 13.4. The molecular weight excluding hydrogens is 590 g/mol. The molecule has 0 aliphatic carbocycles. The summed E-state index contributed by atoms with van der Waals surface area (Å²) in [4.78, 5) is 47.1. The zero-order chi connectivity index (χ0) is 31.1. The highest BCUT2D eigenvalue weighted by Gasteiger charge is 2.29. The average molecular weight is 624 g/mol. The molecule has 0 saturated heterocycles. The Morgan fingerprint density at radius 1 is 0.907 bits per heavy atom. The molecule has 4 rings (SSSR count). The van der Waals surface area contributed by atoms with Gasteiger partial charge in [-0.1, -0.05) is 11.8 Å². The Morgan fingerprint density at radius 2 is 1.47 bits per heavy atom. The van der Waals surface area contributed by atoms with Crippen molar-refractivity contribution in [2.75, 3.05) is 32.8 Å². The Kier molecular flexibility index (Phi) is 10.5.